The summed E-state index contributed by atoms with van der Waals surface area (Å²) in [5, 5.41) is 12.3. The van der Waals surface area contributed by atoms with Crippen molar-refractivity contribution in [2.24, 2.45) is 0 Å². The van der Waals surface area contributed by atoms with Crippen LogP contribution in [0.25, 0.3) is 0 Å². The van der Waals surface area contributed by atoms with E-state index in [1.165, 1.54) is 37.9 Å². The minimum Gasteiger partial charge on any atom is -0.478 e. The van der Waals surface area contributed by atoms with Crippen LogP contribution < -0.4 is 11.1 Å². The van der Waals surface area contributed by atoms with Crippen LogP contribution >= 0.6 is 11.8 Å². The number of rotatable bonds is 5. The van der Waals surface area contributed by atoms with Crippen LogP contribution in [0.1, 0.15) is 36.0 Å². The minimum atomic E-state index is -1.01. The third-order valence-electron chi connectivity index (χ3n) is 3.67. The van der Waals surface area contributed by atoms with Crippen LogP contribution in [-0.4, -0.2) is 33.6 Å². The van der Waals surface area contributed by atoms with Gasteiger partial charge in [0.25, 0.3) is 0 Å². The van der Waals surface area contributed by atoms with E-state index in [0.717, 1.165) is 6.54 Å². The van der Waals surface area contributed by atoms with Gasteiger partial charge >= 0.3 is 5.97 Å². The number of anilines is 2. The Morgan fingerprint density at radius 2 is 2.26 bits per heavy atom. The second-order valence-electron chi connectivity index (χ2n) is 4.92. The first kappa shape index (κ1) is 14.0. The summed E-state index contributed by atoms with van der Waals surface area (Å²) >= 11 is 1.85. The second kappa shape index (κ2) is 5.69. The van der Waals surface area contributed by atoms with Crippen molar-refractivity contribution >= 4 is 29.2 Å². The summed E-state index contributed by atoms with van der Waals surface area (Å²) < 4.78 is 0.207. The molecule has 0 spiro atoms. The van der Waals surface area contributed by atoms with Crippen molar-refractivity contribution in [1.29, 1.82) is 0 Å². The van der Waals surface area contributed by atoms with E-state index in [2.05, 4.69) is 16.6 Å². The van der Waals surface area contributed by atoms with Gasteiger partial charge in [-0.25, -0.2) is 9.78 Å². The number of hydrogen-bond acceptors (Lipinski definition) is 5. The summed E-state index contributed by atoms with van der Waals surface area (Å²) in [6.45, 7) is 0.741. The molecule has 0 bridgehead atoms. The lowest BCUT2D eigenvalue weighted by atomic mass is 10.1. The topological polar surface area (TPSA) is 88.2 Å². The molecule has 104 valence electrons. The van der Waals surface area contributed by atoms with Gasteiger partial charge in [-0.2, -0.15) is 11.8 Å². The van der Waals surface area contributed by atoms with Gasteiger partial charge in [-0.05, 0) is 25.2 Å². The molecule has 0 atom stereocenters. The number of thioether (sulfide) groups is 1. The maximum absolute atomic E-state index is 11.2. The molecule has 1 aromatic rings. The Kier molecular flexibility index (Phi) is 4.19. The Morgan fingerprint density at radius 3 is 2.84 bits per heavy atom. The van der Waals surface area contributed by atoms with Crippen LogP contribution in [0.3, 0.4) is 0 Å². The van der Waals surface area contributed by atoms with E-state index in [1.807, 2.05) is 11.8 Å². The molecule has 1 aliphatic rings. The van der Waals surface area contributed by atoms with Crippen molar-refractivity contribution in [2.45, 2.75) is 30.4 Å². The van der Waals surface area contributed by atoms with E-state index < -0.39 is 5.97 Å². The second-order valence-corrected chi connectivity index (χ2v) is 6.19. The number of carboxylic acid groups (broad SMARTS) is 1. The van der Waals surface area contributed by atoms with Gasteiger partial charge < -0.3 is 16.2 Å². The van der Waals surface area contributed by atoms with Gasteiger partial charge in [-0.1, -0.05) is 12.8 Å². The number of nitrogens with two attached hydrogens (primary N) is 1. The lowest BCUT2D eigenvalue weighted by Gasteiger charge is -2.27. The third kappa shape index (κ3) is 3.12. The van der Waals surface area contributed by atoms with Gasteiger partial charge in [0.1, 0.15) is 11.4 Å². The SMILES string of the molecule is CSC1(CNc2ncc(N)cc2C(=O)O)CCCC1. The predicted octanol–water partition coefficient (Wildman–Crippen LogP) is 2.45. The molecule has 0 aliphatic heterocycles. The summed E-state index contributed by atoms with van der Waals surface area (Å²) in [6.07, 6.45) is 8.40. The number of nitrogens with zero attached hydrogens (tertiary/aromatic N) is 1. The van der Waals surface area contributed by atoms with Gasteiger partial charge in [-0.3, -0.25) is 0 Å². The molecule has 1 saturated carbocycles. The predicted molar refractivity (Wildman–Crippen MR) is 78.8 cm³/mol. The molecule has 1 fully saturated rings. The first-order valence-electron chi connectivity index (χ1n) is 6.34. The summed E-state index contributed by atoms with van der Waals surface area (Å²) in [6, 6.07) is 1.44. The Morgan fingerprint density at radius 1 is 1.58 bits per heavy atom. The molecular weight excluding hydrogens is 262 g/mol. The average molecular weight is 281 g/mol. The smallest absolute Gasteiger partial charge is 0.339 e. The summed E-state index contributed by atoms with van der Waals surface area (Å²) in [7, 11) is 0. The van der Waals surface area contributed by atoms with E-state index >= 15 is 0 Å². The normalized spacial score (nSPS) is 17.3. The van der Waals surface area contributed by atoms with Crippen LogP contribution in [0.15, 0.2) is 12.3 Å². The standard InChI is InChI=1S/C13H19N3O2S/c1-19-13(4-2-3-5-13)8-16-11-10(12(17)18)6-9(14)7-15-11/h6-7H,2-5,8,14H2,1H3,(H,15,16)(H,17,18). The maximum atomic E-state index is 11.2. The molecule has 1 heterocycles. The van der Waals surface area contributed by atoms with Crippen LogP contribution in [0.2, 0.25) is 0 Å². The first-order valence-corrected chi connectivity index (χ1v) is 7.57. The highest BCUT2D eigenvalue weighted by Crippen LogP contribution is 2.40. The summed E-state index contributed by atoms with van der Waals surface area (Å²) in [5.74, 6) is -0.603. The number of aromatic nitrogens is 1. The molecule has 1 aromatic heterocycles. The summed E-state index contributed by atoms with van der Waals surface area (Å²) in [5.41, 5.74) is 6.08. The number of aromatic carboxylic acids is 1. The van der Waals surface area contributed by atoms with Crippen LogP contribution in [0.5, 0.6) is 0 Å². The quantitative estimate of drug-likeness (QED) is 0.768. The molecule has 19 heavy (non-hydrogen) atoms. The van der Waals surface area contributed by atoms with Gasteiger partial charge in [-0.15, -0.1) is 0 Å². The van der Waals surface area contributed by atoms with Crippen molar-refractivity contribution in [1.82, 2.24) is 4.98 Å². The molecule has 1 aliphatic carbocycles. The number of carboxylic acids is 1. The van der Waals surface area contributed by atoms with Gasteiger partial charge in [0.15, 0.2) is 0 Å². The number of carbonyl (C=O) groups is 1. The van der Waals surface area contributed by atoms with Crippen molar-refractivity contribution in [3.8, 4) is 0 Å². The average Bonchev–Trinajstić information content (AvgIpc) is 2.86. The zero-order valence-electron chi connectivity index (χ0n) is 11.0. The number of pyridine rings is 1. The van der Waals surface area contributed by atoms with Crippen molar-refractivity contribution in [2.75, 3.05) is 23.9 Å². The number of nitrogen functional groups attached to an aromatic ring is 1. The van der Waals surface area contributed by atoms with Crippen LogP contribution in [0, 0.1) is 0 Å². The lowest BCUT2D eigenvalue weighted by molar-refractivity contribution is 0.0697. The van der Waals surface area contributed by atoms with Crippen molar-refractivity contribution in [3.05, 3.63) is 17.8 Å². The van der Waals surface area contributed by atoms with E-state index in [9.17, 15) is 4.79 Å². The first-order chi connectivity index (χ1) is 9.06. The summed E-state index contributed by atoms with van der Waals surface area (Å²) in [4.78, 5) is 15.3. The van der Waals surface area contributed by atoms with E-state index in [1.54, 1.807) is 0 Å². The highest BCUT2D eigenvalue weighted by molar-refractivity contribution is 8.00. The van der Waals surface area contributed by atoms with Crippen LogP contribution in [-0.2, 0) is 0 Å². The molecule has 2 rings (SSSR count). The fraction of sp³-hybridized carbons (Fsp3) is 0.538. The lowest BCUT2D eigenvalue weighted by Crippen LogP contribution is -2.30. The van der Waals surface area contributed by atoms with E-state index in [0.29, 0.717) is 11.5 Å². The zero-order chi connectivity index (χ0) is 13.9. The highest BCUT2D eigenvalue weighted by Gasteiger charge is 2.33. The Balaban J connectivity index is 2.13. The monoisotopic (exact) mass is 281 g/mol. The Labute approximate surface area is 117 Å². The zero-order valence-corrected chi connectivity index (χ0v) is 11.8. The van der Waals surface area contributed by atoms with E-state index in [4.69, 9.17) is 10.8 Å². The molecule has 0 amide bonds. The molecule has 5 nitrogen and oxygen atoms in total. The van der Waals surface area contributed by atoms with Crippen molar-refractivity contribution in [3.63, 3.8) is 0 Å². The molecule has 4 N–H and O–H groups in total. The third-order valence-corrected chi connectivity index (χ3v) is 5.08. The molecule has 0 unspecified atom stereocenters. The fourth-order valence-corrected chi connectivity index (χ4v) is 3.42. The highest BCUT2D eigenvalue weighted by atomic mass is 32.2. The molecule has 0 saturated heterocycles. The molecule has 0 radical (unpaired) electrons. The number of hydrogen-bond donors (Lipinski definition) is 3. The van der Waals surface area contributed by atoms with Crippen molar-refractivity contribution < 1.29 is 9.90 Å². The van der Waals surface area contributed by atoms with E-state index in [-0.39, 0.29) is 10.3 Å². The molecular formula is C13H19N3O2S. The fourth-order valence-electron chi connectivity index (χ4n) is 2.50. The van der Waals surface area contributed by atoms with Crippen LogP contribution in [0.4, 0.5) is 11.5 Å². The Bertz CT molecular complexity index is 473. The van der Waals surface area contributed by atoms with Gasteiger partial charge in [0.05, 0.1) is 11.9 Å². The Hall–Kier alpha value is -1.43. The largest absolute Gasteiger partial charge is 0.478 e. The maximum Gasteiger partial charge on any atom is 0.339 e. The molecule has 0 aromatic carbocycles. The van der Waals surface area contributed by atoms with Gasteiger partial charge in [0, 0.05) is 11.3 Å². The molecule has 6 heteroatoms. The minimum absolute atomic E-state index is 0.134. The number of nitrogens with one attached hydrogen (secondary N) is 1. The van der Waals surface area contributed by atoms with Gasteiger partial charge in [0.2, 0.25) is 0 Å².